The van der Waals surface area contributed by atoms with Gasteiger partial charge < -0.3 is 14.9 Å². The molecule has 2 rings (SSSR count). The molecule has 142 valence electrons. The van der Waals surface area contributed by atoms with E-state index in [9.17, 15) is 0 Å². The molecule has 1 saturated heterocycles. The van der Waals surface area contributed by atoms with E-state index in [1.54, 1.807) is 7.11 Å². The second kappa shape index (κ2) is 7.39. The lowest BCUT2D eigenvalue weighted by Crippen LogP contribution is -2.49. The number of hydrogen-bond acceptors (Lipinski definition) is 4. The highest BCUT2D eigenvalue weighted by Crippen LogP contribution is 2.38. The van der Waals surface area contributed by atoms with Gasteiger partial charge in [-0.3, -0.25) is 4.90 Å². The Morgan fingerprint density at radius 3 is 2.36 bits per heavy atom. The van der Waals surface area contributed by atoms with Crippen LogP contribution in [0.4, 0.5) is 0 Å². The van der Waals surface area contributed by atoms with Crippen LogP contribution in [0.5, 0.6) is 5.75 Å². The molecule has 1 aliphatic heterocycles. The number of likely N-dealkylation sites (tertiary alicyclic amines) is 1. The first-order chi connectivity index (χ1) is 11.4. The van der Waals surface area contributed by atoms with Crippen molar-refractivity contribution in [3.05, 3.63) is 29.8 Å². The zero-order chi connectivity index (χ0) is 18.9. The van der Waals surface area contributed by atoms with Crippen molar-refractivity contribution < 1.29 is 9.16 Å². The van der Waals surface area contributed by atoms with Crippen LogP contribution in [0.2, 0.25) is 18.1 Å². The second-order valence-corrected chi connectivity index (χ2v) is 14.1. The summed E-state index contributed by atoms with van der Waals surface area (Å²) in [6.45, 7) is 17.2. The van der Waals surface area contributed by atoms with Crippen LogP contribution in [0.1, 0.15) is 33.3 Å². The number of benzene rings is 1. The van der Waals surface area contributed by atoms with Crippen molar-refractivity contribution >= 4 is 8.32 Å². The molecule has 4 nitrogen and oxygen atoms in total. The van der Waals surface area contributed by atoms with E-state index in [0.29, 0.717) is 5.92 Å². The van der Waals surface area contributed by atoms with Crippen molar-refractivity contribution in [2.24, 2.45) is 11.7 Å². The summed E-state index contributed by atoms with van der Waals surface area (Å²) < 4.78 is 11.7. The van der Waals surface area contributed by atoms with Gasteiger partial charge in [-0.2, -0.15) is 0 Å². The monoisotopic (exact) mass is 364 g/mol. The highest BCUT2D eigenvalue weighted by molar-refractivity contribution is 6.74. The quantitative estimate of drug-likeness (QED) is 0.779. The molecule has 5 heteroatoms. The largest absolute Gasteiger partial charge is 0.497 e. The van der Waals surface area contributed by atoms with Gasteiger partial charge in [-0.1, -0.05) is 32.9 Å². The number of nitrogens with two attached hydrogens (primary N) is 1. The molecule has 0 saturated carbocycles. The number of nitrogens with zero attached hydrogens (tertiary/aromatic N) is 1. The van der Waals surface area contributed by atoms with Gasteiger partial charge in [0.2, 0.25) is 0 Å². The molecule has 0 spiro atoms. The normalized spacial score (nSPS) is 25.4. The van der Waals surface area contributed by atoms with E-state index in [1.165, 1.54) is 5.56 Å². The van der Waals surface area contributed by atoms with E-state index in [4.69, 9.17) is 14.9 Å². The molecule has 1 aromatic carbocycles. The third-order valence-corrected chi connectivity index (χ3v) is 10.5. The summed E-state index contributed by atoms with van der Waals surface area (Å²) in [6.07, 6.45) is 0. The van der Waals surface area contributed by atoms with Crippen LogP contribution >= 0.6 is 0 Å². The molecular formula is C20H36N2O2Si. The second-order valence-electron chi connectivity index (χ2n) is 9.29. The lowest BCUT2D eigenvalue weighted by Gasteiger charge is -2.38. The summed E-state index contributed by atoms with van der Waals surface area (Å²) in [5.74, 6) is 1.27. The summed E-state index contributed by atoms with van der Waals surface area (Å²) in [4.78, 5) is 2.45. The van der Waals surface area contributed by atoms with Crippen LogP contribution in [0, 0.1) is 5.92 Å². The maximum atomic E-state index is 6.62. The fraction of sp³-hybridized carbons (Fsp3) is 0.700. The topological polar surface area (TPSA) is 47.7 Å². The SMILES string of the molecule is COc1ccc(CN2C[C@@H](CO[Si](C)(C)C(C)(C)C)[C@@](C)(N)C2)cc1. The van der Waals surface area contributed by atoms with E-state index in [-0.39, 0.29) is 10.6 Å². The van der Waals surface area contributed by atoms with Gasteiger partial charge in [0.1, 0.15) is 5.75 Å². The van der Waals surface area contributed by atoms with Crippen LogP contribution in [-0.4, -0.2) is 45.6 Å². The van der Waals surface area contributed by atoms with Gasteiger partial charge in [0, 0.05) is 37.7 Å². The average Bonchev–Trinajstić information content (AvgIpc) is 2.78. The van der Waals surface area contributed by atoms with Crippen LogP contribution in [0.25, 0.3) is 0 Å². The minimum atomic E-state index is -1.73. The lowest BCUT2D eigenvalue weighted by atomic mass is 9.91. The average molecular weight is 365 g/mol. The smallest absolute Gasteiger partial charge is 0.191 e. The van der Waals surface area contributed by atoms with E-state index >= 15 is 0 Å². The first-order valence-corrected chi connectivity index (χ1v) is 12.1. The van der Waals surface area contributed by atoms with Crippen molar-refractivity contribution in [1.29, 1.82) is 0 Å². The van der Waals surface area contributed by atoms with Crippen molar-refractivity contribution in [2.75, 3.05) is 26.8 Å². The zero-order valence-electron chi connectivity index (χ0n) is 17.1. The Labute approximate surface area is 154 Å². The summed E-state index contributed by atoms with van der Waals surface area (Å²) in [6, 6.07) is 8.30. The third kappa shape index (κ3) is 5.06. The minimum Gasteiger partial charge on any atom is -0.497 e. The summed E-state index contributed by atoms with van der Waals surface area (Å²) in [7, 11) is -0.0329. The molecule has 2 N–H and O–H groups in total. The van der Waals surface area contributed by atoms with E-state index in [1.807, 2.05) is 12.1 Å². The molecule has 0 bridgehead atoms. The van der Waals surface area contributed by atoms with Crippen LogP contribution in [-0.2, 0) is 11.0 Å². The molecule has 1 aliphatic rings. The molecule has 0 amide bonds. The maximum absolute atomic E-state index is 6.62. The van der Waals surface area contributed by atoms with Crippen molar-refractivity contribution in [2.45, 2.75) is 57.9 Å². The van der Waals surface area contributed by atoms with E-state index in [0.717, 1.165) is 32.0 Å². The Bertz CT molecular complexity index is 564. The number of hydrogen-bond donors (Lipinski definition) is 1. The van der Waals surface area contributed by atoms with Crippen LogP contribution < -0.4 is 10.5 Å². The fourth-order valence-corrected chi connectivity index (χ4v) is 4.12. The molecule has 0 unspecified atom stereocenters. The molecule has 1 heterocycles. The number of rotatable bonds is 6. The van der Waals surface area contributed by atoms with Crippen LogP contribution in [0.15, 0.2) is 24.3 Å². The molecule has 1 fully saturated rings. The van der Waals surface area contributed by atoms with E-state index in [2.05, 4.69) is 57.8 Å². The van der Waals surface area contributed by atoms with Gasteiger partial charge in [0.25, 0.3) is 0 Å². The molecule has 0 aromatic heterocycles. The number of ether oxygens (including phenoxy) is 1. The Morgan fingerprint density at radius 2 is 1.84 bits per heavy atom. The Balaban J connectivity index is 1.95. The molecule has 2 atom stereocenters. The Hall–Kier alpha value is -0.883. The Morgan fingerprint density at radius 1 is 1.24 bits per heavy atom. The maximum Gasteiger partial charge on any atom is 0.191 e. The van der Waals surface area contributed by atoms with Gasteiger partial charge >= 0.3 is 0 Å². The van der Waals surface area contributed by atoms with Gasteiger partial charge in [0.15, 0.2) is 8.32 Å². The lowest BCUT2D eigenvalue weighted by molar-refractivity contribution is 0.195. The Kier molecular flexibility index (Phi) is 6.04. The van der Waals surface area contributed by atoms with Crippen molar-refractivity contribution in [1.82, 2.24) is 4.90 Å². The first kappa shape index (κ1) is 20.4. The van der Waals surface area contributed by atoms with Crippen molar-refractivity contribution in [3.8, 4) is 5.75 Å². The molecule has 1 aromatic rings. The molecule has 25 heavy (non-hydrogen) atoms. The fourth-order valence-electron chi connectivity index (χ4n) is 3.07. The predicted molar refractivity (Wildman–Crippen MR) is 108 cm³/mol. The standard InChI is InChI=1S/C20H36N2O2Si/c1-19(2,3)25(6,7)24-14-17-13-22(15-20(17,4)21)12-16-8-10-18(23-5)11-9-16/h8-11,17H,12-15,21H2,1-7H3/t17-,20-/m0/s1. The van der Waals surface area contributed by atoms with Gasteiger partial charge in [-0.25, -0.2) is 0 Å². The van der Waals surface area contributed by atoms with Gasteiger partial charge in [0.05, 0.1) is 7.11 Å². The minimum absolute atomic E-state index is 0.200. The van der Waals surface area contributed by atoms with Gasteiger partial charge in [-0.15, -0.1) is 0 Å². The summed E-state index contributed by atoms with van der Waals surface area (Å²) in [5, 5.41) is 0.236. The summed E-state index contributed by atoms with van der Waals surface area (Å²) >= 11 is 0. The molecule has 0 aliphatic carbocycles. The highest BCUT2D eigenvalue weighted by atomic mass is 28.4. The predicted octanol–water partition coefficient (Wildman–Crippen LogP) is 3.87. The number of methoxy groups -OCH3 is 1. The highest BCUT2D eigenvalue weighted by Gasteiger charge is 2.43. The molecular weight excluding hydrogens is 328 g/mol. The first-order valence-electron chi connectivity index (χ1n) is 9.23. The van der Waals surface area contributed by atoms with Crippen LogP contribution in [0.3, 0.4) is 0 Å². The molecule has 0 radical (unpaired) electrons. The zero-order valence-corrected chi connectivity index (χ0v) is 18.1. The third-order valence-electron chi connectivity index (χ3n) is 5.99. The van der Waals surface area contributed by atoms with Crippen molar-refractivity contribution in [3.63, 3.8) is 0 Å². The van der Waals surface area contributed by atoms with Gasteiger partial charge in [-0.05, 0) is 42.8 Å². The van der Waals surface area contributed by atoms with E-state index < -0.39 is 8.32 Å². The summed E-state index contributed by atoms with van der Waals surface area (Å²) in [5.41, 5.74) is 7.72.